The van der Waals surface area contributed by atoms with Crippen molar-refractivity contribution in [3.63, 3.8) is 0 Å². The van der Waals surface area contributed by atoms with Crippen molar-refractivity contribution in [2.45, 2.75) is 26.9 Å². The molecular weight excluding hydrogens is 378 g/mol. The van der Waals surface area contributed by atoms with E-state index in [1.54, 1.807) is 7.05 Å². The molecule has 1 amide bonds. The fourth-order valence-electron chi connectivity index (χ4n) is 2.21. The number of ether oxygens (including phenoxy) is 1. The molecule has 0 aliphatic carbocycles. The Labute approximate surface area is 150 Å². The van der Waals surface area contributed by atoms with E-state index in [-0.39, 0.29) is 5.91 Å². The third kappa shape index (κ3) is 4.49. The van der Waals surface area contributed by atoms with Gasteiger partial charge >= 0.3 is 0 Å². The van der Waals surface area contributed by atoms with Crippen LogP contribution in [0.3, 0.4) is 0 Å². The molecule has 0 aliphatic heterocycles. The topological polar surface area (TPSA) is 38.3 Å². The number of benzene rings is 2. The van der Waals surface area contributed by atoms with Gasteiger partial charge in [0.05, 0.1) is 11.4 Å². The molecule has 0 heterocycles. The summed E-state index contributed by atoms with van der Waals surface area (Å²) in [5.41, 5.74) is 4.13. The Morgan fingerprint density at radius 2 is 1.96 bits per heavy atom. The summed E-state index contributed by atoms with van der Waals surface area (Å²) in [5, 5.41) is 3.23. The average Bonchev–Trinajstić information content (AvgIpc) is 2.51. The Morgan fingerprint density at radius 1 is 1.26 bits per heavy atom. The van der Waals surface area contributed by atoms with Crippen LogP contribution in [-0.4, -0.2) is 13.0 Å². The maximum absolute atomic E-state index is 11.7. The molecule has 5 heteroatoms. The number of hydrogen-bond donors (Lipinski definition) is 1. The number of amides is 1. The molecular formula is C18H19BrClNO2. The lowest BCUT2D eigenvalue weighted by Gasteiger charge is -2.14. The Morgan fingerprint density at radius 3 is 2.65 bits per heavy atom. The molecule has 2 aromatic rings. The predicted octanol–water partition coefficient (Wildman–Crippen LogP) is 4.59. The van der Waals surface area contributed by atoms with Gasteiger partial charge in [0.15, 0.2) is 0 Å². The van der Waals surface area contributed by atoms with Crippen LogP contribution in [0.15, 0.2) is 34.8 Å². The third-order valence-electron chi connectivity index (χ3n) is 3.77. The standard InChI is InChI=1S/C18H19BrClNO2/c1-11-7-16(20)17(8-12(11)2)23-10-14-13(9-18(22)21-3)5-4-6-15(14)19/h4-8H,9-10H2,1-3H3,(H,21,22). The minimum atomic E-state index is -0.0337. The van der Waals surface area contributed by atoms with Gasteiger partial charge < -0.3 is 10.1 Å². The van der Waals surface area contributed by atoms with Crippen LogP contribution in [0.5, 0.6) is 5.75 Å². The molecule has 0 aliphatic rings. The van der Waals surface area contributed by atoms with Gasteiger partial charge in [-0.15, -0.1) is 0 Å². The molecule has 0 spiro atoms. The number of carbonyl (C=O) groups is 1. The highest BCUT2D eigenvalue weighted by molar-refractivity contribution is 9.10. The van der Waals surface area contributed by atoms with Gasteiger partial charge in [-0.05, 0) is 48.7 Å². The van der Waals surface area contributed by atoms with E-state index in [0.29, 0.717) is 23.8 Å². The van der Waals surface area contributed by atoms with E-state index >= 15 is 0 Å². The van der Waals surface area contributed by atoms with Gasteiger partial charge in [0.1, 0.15) is 12.4 Å². The van der Waals surface area contributed by atoms with Crippen LogP contribution in [0.25, 0.3) is 0 Å². The predicted molar refractivity (Wildman–Crippen MR) is 97.2 cm³/mol. The number of halogens is 2. The summed E-state index contributed by atoms with van der Waals surface area (Å²) in [6.45, 7) is 4.38. The first-order valence-corrected chi connectivity index (χ1v) is 8.46. The van der Waals surface area contributed by atoms with Crippen LogP contribution < -0.4 is 10.1 Å². The van der Waals surface area contributed by atoms with Crippen molar-refractivity contribution in [2.75, 3.05) is 7.05 Å². The summed E-state index contributed by atoms with van der Waals surface area (Å²) < 4.78 is 6.82. The van der Waals surface area contributed by atoms with Crippen LogP contribution in [0, 0.1) is 13.8 Å². The number of hydrogen-bond acceptors (Lipinski definition) is 2. The zero-order valence-corrected chi connectivity index (χ0v) is 15.7. The van der Waals surface area contributed by atoms with Crippen LogP contribution in [0.1, 0.15) is 22.3 Å². The van der Waals surface area contributed by atoms with Crippen LogP contribution >= 0.6 is 27.5 Å². The first kappa shape index (κ1) is 17.8. The lowest BCUT2D eigenvalue weighted by atomic mass is 10.0. The third-order valence-corrected chi connectivity index (χ3v) is 4.80. The van der Waals surface area contributed by atoms with Crippen molar-refractivity contribution in [2.24, 2.45) is 0 Å². The summed E-state index contributed by atoms with van der Waals surface area (Å²) >= 11 is 9.79. The molecule has 0 saturated carbocycles. The fraction of sp³-hybridized carbons (Fsp3) is 0.278. The van der Waals surface area contributed by atoms with Crippen molar-refractivity contribution < 1.29 is 9.53 Å². The molecule has 0 fully saturated rings. The van der Waals surface area contributed by atoms with E-state index in [4.69, 9.17) is 16.3 Å². The van der Waals surface area contributed by atoms with E-state index < -0.39 is 0 Å². The van der Waals surface area contributed by atoms with E-state index in [1.165, 1.54) is 0 Å². The molecule has 0 atom stereocenters. The molecule has 2 rings (SSSR count). The molecule has 0 unspecified atom stereocenters. The van der Waals surface area contributed by atoms with Gasteiger partial charge in [-0.2, -0.15) is 0 Å². The van der Waals surface area contributed by atoms with E-state index in [0.717, 1.165) is 26.7 Å². The Hall–Kier alpha value is -1.52. The molecule has 3 nitrogen and oxygen atoms in total. The van der Waals surface area contributed by atoms with Gasteiger partial charge in [0.2, 0.25) is 5.91 Å². The summed E-state index contributed by atoms with van der Waals surface area (Å²) in [7, 11) is 1.63. The first-order chi connectivity index (χ1) is 10.9. The highest BCUT2D eigenvalue weighted by Gasteiger charge is 2.12. The maximum atomic E-state index is 11.7. The smallest absolute Gasteiger partial charge is 0.224 e. The lowest BCUT2D eigenvalue weighted by molar-refractivity contribution is -0.119. The minimum Gasteiger partial charge on any atom is -0.487 e. The Kier molecular flexibility index (Phi) is 6.08. The second-order valence-corrected chi connectivity index (χ2v) is 6.64. The zero-order chi connectivity index (χ0) is 17.0. The number of likely N-dealkylation sites (N-methyl/N-ethyl adjacent to an activating group) is 1. The van der Waals surface area contributed by atoms with Crippen LogP contribution in [0.2, 0.25) is 5.02 Å². The zero-order valence-electron chi connectivity index (χ0n) is 13.4. The number of nitrogens with one attached hydrogen (secondary N) is 1. The van der Waals surface area contributed by atoms with Crippen molar-refractivity contribution >= 4 is 33.4 Å². The largest absolute Gasteiger partial charge is 0.487 e. The molecule has 0 aromatic heterocycles. The fourth-order valence-corrected chi connectivity index (χ4v) is 3.00. The molecule has 0 saturated heterocycles. The van der Waals surface area contributed by atoms with Gasteiger partial charge in [0.25, 0.3) is 0 Å². The van der Waals surface area contributed by atoms with Crippen LogP contribution in [-0.2, 0) is 17.8 Å². The minimum absolute atomic E-state index is 0.0337. The lowest BCUT2D eigenvalue weighted by Crippen LogP contribution is -2.21. The van der Waals surface area contributed by atoms with E-state index in [1.807, 2.05) is 44.2 Å². The summed E-state index contributed by atoms with van der Waals surface area (Å²) in [4.78, 5) is 11.7. The second kappa shape index (κ2) is 7.84. The summed E-state index contributed by atoms with van der Waals surface area (Å²) in [5.74, 6) is 0.616. The normalized spacial score (nSPS) is 10.5. The van der Waals surface area contributed by atoms with E-state index in [9.17, 15) is 4.79 Å². The van der Waals surface area contributed by atoms with Crippen molar-refractivity contribution in [1.29, 1.82) is 0 Å². The number of carbonyl (C=O) groups excluding carboxylic acids is 1. The molecule has 0 bridgehead atoms. The Bertz CT molecular complexity index is 731. The van der Waals surface area contributed by atoms with Gasteiger partial charge in [-0.1, -0.05) is 39.7 Å². The highest BCUT2D eigenvalue weighted by Crippen LogP contribution is 2.30. The number of rotatable bonds is 5. The van der Waals surface area contributed by atoms with E-state index in [2.05, 4.69) is 21.2 Å². The van der Waals surface area contributed by atoms with Crippen molar-refractivity contribution in [3.05, 3.63) is 62.1 Å². The molecule has 2 aromatic carbocycles. The summed E-state index contributed by atoms with van der Waals surface area (Å²) in [6, 6.07) is 9.62. The molecule has 122 valence electrons. The first-order valence-electron chi connectivity index (χ1n) is 7.28. The molecule has 0 radical (unpaired) electrons. The molecule has 1 N–H and O–H groups in total. The molecule has 23 heavy (non-hydrogen) atoms. The van der Waals surface area contributed by atoms with Crippen LogP contribution in [0.4, 0.5) is 0 Å². The number of aryl methyl sites for hydroxylation is 2. The second-order valence-electron chi connectivity index (χ2n) is 5.38. The SMILES string of the molecule is CNC(=O)Cc1cccc(Br)c1COc1cc(C)c(C)cc1Cl. The van der Waals surface area contributed by atoms with Gasteiger partial charge in [-0.3, -0.25) is 4.79 Å². The van der Waals surface area contributed by atoms with Gasteiger partial charge in [-0.25, -0.2) is 0 Å². The maximum Gasteiger partial charge on any atom is 0.224 e. The average molecular weight is 397 g/mol. The highest BCUT2D eigenvalue weighted by atomic mass is 79.9. The quantitative estimate of drug-likeness (QED) is 0.803. The monoisotopic (exact) mass is 395 g/mol. The Balaban J connectivity index is 2.23. The van der Waals surface area contributed by atoms with Crippen molar-refractivity contribution in [3.8, 4) is 5.75 Å². The summed E-state index contributed by atoms with van der Waals surface area (Å²) in [6.07, 6.45) is 0.315. The van der Waals surface area contributed by atoms with Crippen molar-refractivity contribution in [1.82, 2.24) is 5.32 Å². The van der Waals surface area contributed by atoms with Gasteiger partial charge in [0, 0.05) is 17.1 Å².